The lowest BCUT2D eigenvalue weighted by Crippen LogP contribution is -2.36. The lowest BCUT2D eigenvalue weighted by atomic mass is 9.90. The number of nitrogens with zero attached hydrogens (tertiary/aromatic N) is 3. The maximum Gasteiger partial charge on any atom is 0.262 e. The van der Waals surface area contributed by atoms with Gasteiger partial charge >= 0.3 is 0 Å². The van der Waals surface area contributed by atoms with Gasteiger partial charge in [0.1, 0.15) is 18.4 Å². The van der Waals surface area contributed by atoms with Crippen molar-refractivity contribution in [1.82, 2.24) is 4.90 Å². The van der Waals surface area contributed by atoms with E-state index in [1.54, 1.807) is 18.2 Å². The van der Waals surface area contributed by atoms with Crippen molar-refractivity contribution in [2.24, 2.45) is 0 Å². The first kappa shape index (κ1) is 20.4. The summed E-state index contributed by atoms with van der Waals surface area (Å²) in [5.41, 5.74) is 0.868. The monoisotopic (exact) mass is 443 g/mol. The third kappa shape index (κ3) is 3.45. The van der Waals surface area contributed by atoms with Crippen LogP contribution in [0.4, 0.5) is 0 Å². The maximum absolute atomic E-state index is 10.1. The van der Waals surface area contributed by atoms with Gasteiger partial charge in [0.25, 0.3) is 5.60 Å². The Morgan fingerprint density at radius 2 is 1.59 bits per heavy atom. The van der Waals surface area contributed by atoms with Gasteiger partial charge in [-0.05, 0) is 41.0 Å². The molecule has 0 aliphatic carbocycles. The zero-order chi connectivity index (χ0) is 22.1. The van der Waals surface area contributed by atoms with Crippen LogP contribution in [0.15, 0.2) is 72.8 Å². The Morgan fingerprint density at radius 1 is 0.906 bits per heavy atom. The molecule has 3 aromatic rings. The second kappa shape index (κ2) is 8.18. The molecular weight excluding hydrogens is 426 g/mol. The van der Waals surface area contributed by atoms with Crippen LogP contribution in [0.5, 0.6) is 11.5 Å². The molecule has 2 heterocycles. The molecular formula is C25H18ClN3O3. The van der Waals surface area contributed by atoms with Gasteiger partial charge in [-0.15, -0.1) is 0 Å². The quantitative estimate of drug-likeness (QED) is 0.556. The molecule has 0 spiro atoms. The topological polar surface area (TPSA) is 78.5 Å². The first-order chi connectivity index (χ1) is 15.6. The van der Waals surface area contributed by atoms with Gasteiger partial charge in [-0.2, -0.15) is 10.5 Å². The Hall–Kier alpha value is -3.55. The Labute approximate surface area is 190 Å². The predicted molar refractivity (Wildman–Crippen MR) is 117 cm³/mol. The molecule has 2 atom stereocenters. The highest BCUT2D eigenvalue weighted by atomic mass is 35.5. The van der Waals surface area contributed by atoms with Crippen molar-refractivity contribution in [3.05, 3.63) is 94.5 Å². The average Bonchev–Trinajstić information content (AvgIpc) is 3.42. The summed E-state index contributed by atoms with van der Waals surface area (Å²) in [6, 6.07) is 26.2. The lowest BCUT2D eigenvalue weighted by molar-refractivity contribution is -0.0116. The van der Waals surface area contributed by atoms with E-state index in [0.29, 0.717) is 23.1 Å². The summed E-state index contributed by atoms with van der Waals surface area (Å²) in [7, 11) is 0. The van der Waals surface area contributed by atoms with Gasteiger partial charge in [-0.3, -0.25) is 4.90 Å². The molecule has 0 aromatic heterocycles. The van der Waals surface area contributed by atoms with Crippen LogP contribution < -0.4 is 9.47 Å². The maximum atomic E-state index is 10.1. The Morgan fingerprint density at radius 3 is 2.31 bits per heavy atom. The second-order valence-corrected chi connectivity index (χ2v) is 8.09. The van der Waals surface area contributed by atoms with Crippen LogP contribution in [0.3, 0.4) is 0 Å². The zero-order valence-electron chi connectivity index (χ0n) is 16.9. The summed E-state index contributed by atoms with van der Waals surface area (Å²) in [4.78, 5) is 2.03. The first-order valence-corrected chi connectivity index (χ1v) is 10.5. The van der Waals surface area contributed by atoms with Crippen molar-refractivity contribution in [2.45, 2.75) is 24.4 Å². The Kier molecular flexibility index (Phi) is 5.20. The van der Waals surface area contributed by atoms with E-state index >= 15 is 0 Å². The Bertz CT molecular complexity index is 1200. The van der Waals surface area contributed by atoms with Crippen LogP contribution in [0.25, 0.3) is 0 Å². The number of fused-ring (bicyclic) bond motifs is 1. The number of halogens is 1. The fourth-order valence-electron chi connectivity index (χ4n) is 4.24. The van der Waals surface area contributed by atoms with E-state index in [2.05, 4.69) is 12.1 Å². The van der Waals surface area contributed by atoms with Crippen molar-refractivity contribution in [1.29, 1.82) is 10.5 Å². The fourth-order valence-corrected chi connectivity index (χ4v) is 4.37. The van der Waals surface area contributed by atoms with Crippen LogP contribution in [-0.4, -0.2) is 17.3 Å². The van der Waals surface area contributed by atoms with Gasteiger partial charge in [0.05, 0.1) is 6.04 Å². The number of nitriles is 2. The standard InChI is InChI=1S/C25H18ClN3O3/c26-20-9-6-18(7-10-20)24-29(13-17-4-2-1-3-5-17)23(25(14-27,15-28)32-24)19-8-11-21-22(12-19)31-16-30-21/h1-12,23-24H,13,16H2. The number of hydrogen-bond acceptors (Lipinski definition) is 6. The third-order valence-electron chi connectivity index (χ3n) is 5.72. The minimum Gasteiger partial charge on any atom is -0.454 e. The molecule has 3 aromatic carbocycles. The second-order valence-electron chi connectivity index (χ2n) is 7.65. The first-order valence-electron chi connectivity index (χ1n) is 10.1. The summed E-state index contributed by atoms with van der Waals surface area (Å²) < 4.78 is 17.2. The SMILES string of the molecule is N#CC1(C#N)OC(c2ccc(Cl)cc2)N(Cc2ccccc2)C1c1ccc2c(c1)OCO2. The molecule has 2 unspecified atom stereocenters. The Balaban J connectivity index is 1.65. The van der Waals surface area contributed by atoms with Crippen molar-refractivity contribution in [2.75, 3.05) is 6.79 Å². The summed E-state index contributed by atoms with van der Waals surface area (Å²) in [6.07, 6.45) is -0.623. The van der Waals surface area contributed by atoms with Crippen LogP contribution in [0, 0.1) is 22.7 Å². The van der Waals surface area contributed by atoms with Crippen molar-refractivity contribution in [3.63, 3.8) is 0 Å². The largest absolute Gasteiger partial charge is 0.454 e. The van der Waals surface area contributed by atoms with Crippen LogP contribution in [-0.2, 0) is 11.3 Å². The van der Waals surface area contributed by atoms with Gasteiger partial charge < -0.3 is 14.2 Å². The summed E-state index contributed by atoms with van der Waals surface area (Å²) in [5.74, 6) is 1.22. The lowest BCUT2D eigenvalue weighted by Gasteiger charge is -2.29. The average molecular weight is 444 g/mol. The van der Waals surface area contributed by atoms with E-state index in [-0.39, 0.29) is 6.79 Å². The molecule has 0 N–H and O–H groups in total. The number of ether oxygens (including phenoxy) is 3. The predicted octanol–water partition coefficient (Wildman–Crippen LogP) is 5.13. The molecule has 0 bridgehead atoms. The van der Waals surface area contributed by atoms with E-state index in [0.717, 1.165) is 16.7 Å². The molecule has 5 rings (SSSR count). The number of benzene rings is 3. The van der Waals surface area contributed by atoms with Crippen molar-refractivity contribution >= 4 is 11.6 Å². The fraction of sp³-hybridized carbons (Fsp3) is 0.200. The molecule has 32 heavy (non-hydrogen) atoms. The molecule has 0 radical (unpaired) electrons. The van der Waals surface area contributed by atoms with Gasteiger partial charge in [-0.25, -0.2) is 0 Å². The molecule has 1 saturated heterocycles. The van der Waals surface area contributed by atoms with Gasteiger partial charge in [0.2, 0.25) is 6.79 Å². The molecule has 2 aliphatic heterocycles. The summed E-state index contributed by atoms with van der Waals surface area (Å²) in [6.45, 7) is 0.612. The van der Waals surface area contributed by atoms with E-state index in [4.69, 9.17) is 25.8 Å². The molecule has 7 heteroatoms. The summed E-state index contributed by atoms with van der Waals surface area (Å²) >= 11 is 6.09. The smallest absolute Gasteiger partial charge is 0.262 e. The zero-order valence-corrected chi connectivity index (χ0v) is 17.7. The van der Waals surface area contributed by atoms with Crippen LogP contribution in [0.2, 0.25) is 5.02 Å². The van der Waals surface area contributed by atoms with Gasteiger partial charge in [-0.1, -0.05) is 60.1 Å². The van der Waals surface area contributed by atoms with E-state index in [1.807, 2.05) is 59.5 Å². The van der Waals surface area contributed by atoms with Gasteiger partial charge in [0, 0.05) is 11.6 Å². The molecule has 6 nitrogen and oxygen atoms in total. The molecule has 158 valence electrons. The van der Waals surface area contributed by atoms with Crippen LogP contribution in [0.1, 0.15) is 29.0 Å². The highest BCUT2D eigenvalue weighted by Crippen LogP contribution is 2.51. The van der Waals surface area contributed by atoms with Crippen LogP contribution >= 0.6 is 11.6 Å². The number of rotatable bonds is 4. The van der Waals surface area contributed by atoms with Gasteiger partial charge in [0.15, 0.2) is 11.5 Å². The highest BCUT2D eigenvalue weighted by molar-refractivity contribution is 6.30. The van der Waals surface area contributed by atoms with Crippen molar-refractivity contribution in [3.8, 4) is 23.6 Å². The normalized spacial score (nSPS) is 21.1. The number of hydrogen-bond donors (Lipinski definition) is 0. The van der Waals surface area contributed by atoms with E-state index in [9.17, 15) is 10.5 Å². The minimum absolute atomic E-state index is 0.142. The molecule has 1 fully saturated rings. The van der Waals surface area contributed by atoms with E-state index < -0.39 is 17.9 Å². The highest BCUT2D eigenvalue weighted by Gasteiger charge is 2.56. The molecule has 2 aliphatic rings. The van der Waals surface area contributed by atoms with Crippen molar-refractivity contribution < 1.29 is 14.2 Å². The molecule has 0 saturated carbocycles. The molecule has 0 amide bonds. The van der Waals surface area contributed by atoms with E-state index in [1.165, 1.54) is 0 Å². The third-order valence-corrected chi connectivity index (χ3v) is 5.98. The minimum atomic E-state index is -1.72. The summed E-state index contributed by atoms with van der Waals surface area (Å²) in [5, 5.41) is 20.9.